The first-order valence-corrected chi connectivity index (χ1v) is 11.0. The van der Waals surface area contributed by atoms with Crippen molar-refractivity contribution in [3.05, 3.63) is 18.0 Å². The molecular formula is C21H35N5O2. The number of carbonyl (C=O) groups excluding carboxylic acids is 1. The summed E-state index contributed by atoms with van der Waals surface area (Å²) >= 11 is 0. The predicted octanol–water partition coefficient (Wildman–Crippen LogP) is 1.66. The zero-order chi connectivity index (χ0) is 19.3. The fraction of sp³-hybridized carbons (Fsp3) is 0.810. The average Bonchev–Trinajstić information content (AvgIpc) is 3.15. The van der Waals surface area contributed by atoms with Crippen LogP contribution in [-0.2, 0) is 16.6 Å². The molecule has 28 heavy (non-hydrogen) atoms. The maximum atomic E-state index is 13.3. The van der Waals surface area contributed by atoms with Gasteiger partial charge >= 0.3 is 0 Å². The highest BCUT2D eigenvalue weighted by Crippen LogP contribution is 2.31. The Hall–Kier alpha value is -1.44. The molecule has 0 N–H and O–H groups in total. The average molecular weight is 390 g/mol. The van der Waals surface area contributed by atoms with Crippen molar-refractivity contribution in [3.8, 4) is 0 Å². The zero-order valence-corrected chi connectivity index (χ0v) is 17.3. The lowest BCUT2D eigenvalue weighted by molar-refractivity contribution is -0.150. The van der Waals surface area contributed by atoms with E-state index in [0.717, 1.165) is 38.3 Å². The van der Waals surface area contributed by atoms with Gasteiger partial charge in [-0.2, -0.15) is 5.10 Å². The van der Waals surface area contributed by atoms with E-state index in [1.165, 1.54) is 38.5 Å². The molecule has 1 amide bonds. The van der Waals surface area contributed by atoms with Crippen molar-refractivity contribution in [3.63, 3.8) is 0 Å². The van der Waals surface area contributed by atoms with E-state index >= 15 is 0 Å². The quantitative estimate of drug-likeness (QED) is 0.767. The predicted molar refractivity (Wildman–Crippen MR) is 108 cm³/mol. The number of carbonyl (C=O) groups is 1. The van der Waals surface area contributed by atoms with E-state index in [9.17, 15) is 4.79 Å². The number of hydrogen-bond acceptors (Lipinski definition) is 5. The van der Waals surface area contributed by atoms with Gasteiger partial charge in [0.1, 0.15) is 0 Å². The summed E-state index contributed by atoms with van der Waals surface area (Å²) in [4.78, 5) is 20.2. The minimum Gasteiger partial charge on any atom is -0.373 e. The molecule has 4 rings (SSSR count). The summed E-state index contributed by atoms with van der Waals surface area (Å²) in [7, 11) is 1.94. The molecular weight excluding hydrogens is 354 g/mol. The Morgan fingerprint density at radius 3 is 2.36 bits per heavy atom. The number of piperidine rings is 2. The maximum absolute atomic E-state index is 13.3. The Kier molecular flexibility index (Phi) is 6.65. The van der Waals surface area contributed by atoms with Crippen molar-refractivity contribution in [1.82, 2.24) is 24.5 Å². The summed E-state index contributed by atoms with van der Waals surface area (Å²) in [6, 6.07) is -0.0401. The molecule has 7 nitrogen and oxygen atoms in total. The third kappa shape index (κ3) is 4.75. The lowest BCUT2D eigenvalue weighted by atomic mass is 9.99. The third-order valence-electron chi connectivity index (χ3n) is 6.43. The molecule has 0 radical (unpaired) electrons. The van der Waals surface area contributed by atoms with Gasteiger partial charge in [-0.1, -0.05) is 12.8 Å². The van der Waals surface area contributed by atoms with Crippen molar-refractivity contribution in [1.29, 1.82) is 0 Å². The van der Waals surface area contributed by atoms with Crippen LogP contribution >= 0.6 is 0 Å². The largest absolute Gasteiger partial charge is 0.373 e. The molecule has 7 heteroatoms. The van der Waals surface area contributed by atoms with Crippen LogP contribution in [0.1, 0.15) is 50.1 Å². The van der Waals surface area contributed by atoms with E-state index in [1.54, 1.807) is 0 Å². The van der Waals surface area contributed by atoms with Crippen LogP contribution in [0.3, 0.4) is 0 Å². The fourth-order valence-corrected chi connectivity index (χ4v) is 4.95. The van der Waals surface area contributed by atoms with Gasteiger partial charge in [0, 0.05) is 31.9 Å². The summed E-state index contributed by atoms with van der Waals surface area (Å²) in [5, 5.41) is 4.38. The van der Waals surface area contributed by atoms with Gasteiger partial charge in [-0.05, 0) is 51.9 Å². The lowest BCUT2D eigenvalue weighted by Gasteiger charge is -2.43. The highest BCUT2D eigenvalue weighted by Gasteiger charge is 2.38. The molecule has 2 atom stereocenters. The molecule has 0 aliphatic carbocycles. The van der Waals surface area contributed by atoms with E-state index in [2.05, 4.69) is 19.8 Å². The van der Waals surface area contributed by atoms with E-state index in [4.69, 9.17) is 4.74 Å². The van der Waals surface area contributed by atoms with Crippen molar-refractivity contribution in [2.75, 3.05) is 52.4 Å². The highest BCUT2D eigenvalue weighted by molar-refractivity contribution is 5.79. The van der Waals surface area contributed by atoms with Crippen LogP contribution in [0, 0.1) is 0 Å². The number of aryl methyl sites for hydroxylation is 1. The van der Waals surface area contributed by atoms with Crippen LogP contribution in [0.2, 0.25) is 0 Å². The summed E-state index contributed by atoms with van der Waals surface area (Å²) in [5.41, 5.74) is 1.09. The maximum Gasteiger partial charge on any atom is 0.237 e. The van der Waals surface area contributed by atoms with E-state index in [-0.39, 0.29) is 18.1 Å². The molecule has 3 saturated heterocycles. The molecule has 3 fully saturated rings. The first-order chi connectivity index (χ1) is 13.7. The van der Waals surface area contributed by atoms with Gasteiger partial charge in [0.15, 0.2) is 0 Å². The van der Waals surface area contributed by atoms with Gasteiger partial charge < -0.3 is 14.5 Å². The topological polar surface area (TPSA) is 53.8 Å². The third-order valence-corrected chi connectivity index (χ3v) is 6.43. The number of morpholine rings is 1. The molecule has 3 aliphatic heterocycles. The summed E-state index contributed by atoms with van der Waals surface area (Å²) in [6.07, 6.45) is 11.5. The number of aromatic nitrogens is 2. The van der Waals surface area contributed by atoms with Crippen LogP contribution in [0.15, 0.2) is 12.4 Å². The van der Waals surface area contributed by atoms with Gasteiger partial charge in [-0.3, -0.25) is 14.4 Å². The molecule has 156 valence electrons. The van der Waals surface area contributed by atoms with Gasteiger partial charge in [0.25, 0.3) is 0 Å². The van der Waals surface area contributed by atoms with Crippen LogP contribution in [-0.4, -0.2) is 88.9 Å². The molecule has 0 spiro atoms. The Bertz CT molecular complexity index is 636. The Morgan fingerprint density at radius 1 is 1.04 bits per heavy atom. The normalized spacial score (nSPS) is 27.8. The summed E-state index contributed by atoms with van der Waals surface area (Å²) in [6.45, 7) is 7.10. The molecule has 0 saturated carbocycles. The van der Waals surface area contributed by atoms with Crippen molar-refractivity contribution < 1.29 is 9.53 Å². The van der Waals surface area contributed by atoms with Crippen LogP contribution in [0.25, 0.3) is 0 Å². The number of ether oxygens (including phenoxy) is 1. The van der Waals surface area contributed by atoms with Gasteiger partial charge in [-0.25, -0.2) is 0 Å². The standard InChI is InChI=1S/C21H35N5O2/c1-23-15-18(14-22-23)21-19(16-24-8-4-2-5-9-24)28-13-12-26(21)20(27)17-25-10-6-3-7-11-25/h14-15,19,21H,2-13,16-17H2,1H3/t19-,21-/m0/s1. The monoisotopic (exact) mass is 389 g/mol. The van der Waals surface area contributed by atoms with Gasteiger partial charge in [0.05, 0.1) is 31.5 Å². The van der Waals surface area contributed by atoms with Crippen molar-refractivity contribution in [2.45, 2.75) is 50.7 Å². The Labute approximate surface area is 168 Å². The number of rotatable bonds is 5. The van der Waals surface area contributed by atoms with Gasteiger partial charge in [-0.15, -0.1) is 0 Å². The summed E-state index contributed by atoms with van der Waals surface area (Å²) in [5.74, 6) is 0.239. The zero-order valence-electron chi connectivity index (χ0n) is 17.3. The molecule has 0 bridgehead atoms. The second-order valence-electron chi connectivity index (χ2n) is 8.59. The van der Waals surface area contributed by atoms with E-state index in [0.29, 0.717) is 19.7 Å². The molecule has 0 aromatic carbocycles. The number of likely N-dealkylation sites (tertiary alicyclic amines) is 2. The SMILES string of the molecule is Cn1cc([C@H]2[C@H](CN3CCCCC3)OCCN2C(=O)CN2CCCCC2)cn1. The molecule has 1 aromatic heterocycles. The van der Waals surface area contributed by atoms with Crippen LogP contribution < -0.4 is 0 Å². The Balaban J connectivity index is 1.50. The van der Waals surface area contributed by atoms with Crippen LogP contribution in [0.5, 0.6) is 0 Å². The number of nitrogens with zero attached hydrogens (tertiary/aromatic N) is 5. The summed E-state index contributed by atoms with van der Waals surface area (Å²) < 4.78 is 8.07. The Morgan fingerprint density at radius 2 is 1.71 bits per heavy atom. The molecule has 1 aromatic rings. The van der Waals surface area contributed by atoms with E-state index in [1.807, 2.05) is 24.1 Å². The number of hydrogen-bond donors (Lipinski definition) is 0. The smallest absolute Gasteiger partial charge is 0.237 e. The highest BCUT2D eigenvalue weighted by atomic mass is 16.5. The minimum absolute atomic E-state index is 0.0151. The van der Waals surface area contributed by atoms with Gasteiger partial charge in [0.2, 0.25) is 5.91 Å². The fourth-order valence-electron chi connectivity index (χ4n) is 4.95. The molecule has 0 unspecified atom stereocenters. The molecule has 4 heterocycles. The second-order valence-corrected chi connectivity index (χ2v) is 8.59. The van der Waals surface area contributed by atoms with Crippen molar-refractivity contribution in [2.24, 2.45) is 7.05 Å². The first-order valence-electron chi connectivity index (χ1n) is 11.0. The molecule has 3 aliphatic rings. The number of amides is 1. The lowest BCUT2D eigenvalue weighted by Crippen LogP contribution is -2.54. The van der Waals surface area contributed by atoms with Crippen molar-refractivity contribution >= 4 is 5.91 Å². The van der Waals surface area contributed by atoms with Crippen LogP contribution in [0.4, 0.5) is 0 Å². The first kappa shape index (κ1) is 19.9. The second kappa shape index (κ2) is 9.37. The van der Waals surface area contributed by atoms with E-state index < -0.39 is 0 Å². The minimum atomic E-state index is -0.0401.